The third-order valence-corrected chi connectivity index (χ3v) is 2.56. The van der Waals surface area contributed by atoms with E-state index >= 15 is 0 Å². The molecule has 0 radical (unpaired) electrons. The van der Waals surface area contributed by atoms with Crippen LogP contribution in [0.25, 0.3) is 0 Å². The highest BCUT2D eigenvalue weighted by Gasteiger charge is 2.27. The summed E-state index contributed by atoms with van der Waals surface area (Å²) in [7, 11) is 2.04. The zero-order chi connectivity index (χ0) is 8.43. The summed E-state index contributed by atoms with van der Waals surface area (Å²) < 4.78 is 0. The third-order valence-electron chi connectivity index (χ3n) is 2.56. The maximum absolute atomic E-state index is 10.6. The van der Waals surface area contributed by atoms with Crippen LogP contribution in [0.2, 0.25) is 0 Å². The summed E-state index contributed by atoms with van der Waals surface area (Å²) in [6.07, 6.45) is 1.60. The summed E-state index contributed by atoms with van der Waals surface area (Å²) in [5.41, 5.74) is 0. The highest BCUT2D eigenvalue weighted by atomic mass is 35.5. The van der Waals surface area contributed by atoms with Gasteiger partial charge in [0.1, 0.15) is 0 Å². The number of hydrogen-bond acceptors (Lipinski definition) is 2. The topological polar surface area (TPSA) is 40.5 Å². The molecule has 4 heteroatoms. The molecule has 2 unspecified atom stereocenters. The molecule has 1 heterocycles. The molecular formula is C8H16ClNO2. The van der Waals surface area contributed by atoms with Crippen molar-refractivity contribution in [1.29, 1.82) is 0 Å². The standard InChI is InChI=1S/C8H15NO2.ClH/c1-6-5-7(8(10)11)3-4-9(6)2;/h6-7H,3-5H2,1-2H3,(H,10,11);1H. The van der Waals surface area contributed by atoms with E-state index in [1.54, 1.807) is 0 Å². The molecule has 0 bridgehead atoms. The van der Waals surface area contributed by atoms with Crippen LogP contribution in [0.3, 0.4) is 0 Å². The first-order valence-electron chi connectivity index (χ1n) is 4.04. The van der Waals surface area contributed by atoms with Crippen molar-refractivity contribution >= 4 is 18.4 Å². The molecule has 1 aliphatic rings. The second-order valence-electron chi connectivity index (χ2n) is 3.39. The van der Waals surface area contributed by atoms with Crippen LogP contribution in [0.15, 0.2) is 0 Å². The molecule has 0 aromatic rings. The van der Waals surface area contributed by atoms with Crippen LogP contribution in [0.1, 0.15) is 19.8 Å². The largest absolute Gasteiger partial charge is 0.481 e. The lowest BCUT2D eigenvalue weighted by Crippen LogP contribution is -2.39. The third kappa shape index (κ3) is 2.64. The van der Waals surface area contributed by atoms with E-state index < -0.39 is 5.97 Å². The number of carboxylic acid groups (broad SMARTS) is 1. The van der Waals surface area contributed by atoms with Gasteiger partial charge in [0.2, 0.25) is 0 Å². The second kappa shape index (κ2) is 4.67. The highest BCUT2D eigenvalue weighted by molar-refractivity contribution is 5.85. The molecule has 2 atom stereocenters. The Morgan fingerprint density at radius 1 is 1.58 bits per heavy atom. The first kappa shape index (κ1) is 11.7. The van der Waals surface area contributed by atoms with E-state index in [-0.39, 0.29) is 18.3 Å². The molecular weight excluding hydrogens is 178 g/mol. The van der Waals surface area contributed by atoms with Gasteiger partial charge in [0.15, 0.2) is 0 Å². The van der Waals surface area contributed by atoms with Crippen LogP contribution in [0.4, 0.5) is 0 Å². The lowest BCUT2D eigenvalue weighted by atomic mass is 9.92. The minimum Gasteiger partial charge on any atom is -0.481 e. The number of aliphatic carboxylic acids is 1. The predicted molar refractivity (Wildman–Crippen MR) is 49.7 cm³/mol. The maximum atomic E-state index is 10.6. The summed E-state index contributed by atoms with van der Waals surface area (Å²) in [4.78, 5) is 12.8. The van der Waals surface area contributed by atoms with Gasteiger partial charge in [0, 0.05) is 6.04 Å². The lowest BCUT2D eigenvalue weighted by molar-refractivity contribution is -0.143. The maximum Gasteiger partial charge on any atom is 0.306 e. The number of nitrogens with zero attached hydrogens (tertiary/aromatic N) is 1. The van der Waals surface area contributed by atoms with E-state index in [1.165, 1.54) is 0 Å². The van der Waals surface area contributed by atoms with Crippen LogP contribution >= 0.6 is 12.4 Å². The first-order valence-corrected chi connectivity index (χ1v) is 4.04. The van der Waals surface area contributed by atoms with Gasteiger partial charge >= 0.3 is 5.97 Å². The van der Waals surface area contributed by atoms with Crippen molar-refractivity contribution in [2.75, 3.05) is 13.6 Å². The first-order chi connectivity index (χ1) is 5.11. The Morgan fingerprint density at radius 2 is 2.17 bits per heavy atom. The van der Waals surface area contributed by atoms with Crippen molar-refractivity contribution in [3.05, 3.63) is 0 Å². The van der Waals surface area contributed by atoms with Gasteiger partial charge in [-0.05, 0) is 33.4 Å². The zero-order valence-corrected chi connectivity index (χ0v) is 8.30. The number of carbonyl (C=O) groups is 1. The van der Waals surface area contributed by atoms with Crippen LogP contribution in [-0.2, 0) is 4.79 Å². The normalized spacial score (nSPS) is 30.8. The fraction of sp³-hybridized carbons (Fsp3) is 0.875. The van der Waals surface area contributed by atoms with Crippen molar-refractivity contribution in [3.63, 3.8) is 0 Å². The Morgan fingerprint density at radius 3 is 2.58 bits per heavy atom. The Bertz CT molecular complexity index is 163. The van der Waals surface area contributed by atoms with E-state index in [9.17, 15) is 4.79 Å². The molecule has 12 heavy (non-hydrogen) atoms. The molecule has 3 nitrogen and oxygen atoms in total. The lowest BCUT2D eigenvalue weighted by Gasteiger charge is -2.32. The molecule has 1 aliphatic heterocycles. The van der Waals surface area contributed by atoms with Gasteiger partial charge in [0.05, 0.1) is 5.92 Å². The summed E-state index contributed by atoms with van der Waals surface area (Å²) in [5.74, 6) is -0.744. The zero-order valence-electron chi connectivity index (χ0n) is 7.49. The van der Waals surface area contributed by atoms with E-state index in [2.05, 4.69) is 11.8 Å². The highest BCUT2D eigenvalue weighted by Crippen LogP contribution is 2.21. The van der Waals surface area contributed by atoms with Gasteiger partial charge in [-0.2, -0.15) is 0 Å². The fourth-order valence-electron chi connectivity index (χ4n) is 1.51. The summed E-state index contributed by atoms with van der Waals surface area (Å²) in [5, 5.41) is 8.72. The average Bonchev–Trinajstić information content (AvgIpc) is 1.94. The van der Waals surface area contributed by atoms with E-state index in [0.717, 1.165) is 19.4 Å². The quantitative estimate of drug-likeness (QED) is 0.681. The predicted octanol–water partition coefficient (Wildman–Crippen LogP) is 1.22. The van der Waals surface area contributed by atoms with Crippen molar-refractivity contribution in [2.24, 2.45) is 5.92 Å². The smallest absolute Gasteiger partial charge is 0.306 e. The number of likely N-dealkylation sites (tertiary alicyclic amines) is 1. The van der Waals surface area contributed by atoms with Gasteiger partial charge in [-0.15, -0.1) is 12.4 Å². The van der Waals surface area contributed by atoms with Crippen LogP contribution < -0.4 is 0 Å². The second-order valence-corrected chi connectivity index (χ2v) is 3.39. The molecule has 72 valence electrons. The summed E-state index contributed by atoms with van der Waals surface area (Å²) in [6, 6.07) is 0.421. The minimum absolute atomic E-state index is 0. The summed E-state index contributed by atoms with van der Waals surface area (Å²) >= 11 is 0. The van der Waals surface area contributed by atoms with Crippen LogP contribution in [0, 0.1) is 5.92 Å². The molecule has 0 spiro atoms. The molecule has 0 aromatic heterocycles. The molecule has 1 rings (SSSR count). The Hall–Kier alpha value is -0.280. The molecule has 0 aliphatic carbocycles. The number of piperidine rings is 1. The van der Waals surface area contributed by atoms with Gasteiger partial charge in [0.25, 0.3) is 0 Å². The number of rotatable bonds is 1. The molecule has 0 amide bonds. The van der Waals surface area contributed by atoms with Gasteiger partial charge in [-0.1, -0.05) is 0 Å². The van der Waals surface area contributed by atoms with Gasteiger partial charge in [-0.3, -0.25) is 4.79 Å². The van der Waals surface area contributed by atoms with Crippen LogP contribution in [0.5, 0.6) is 0 Å². The Balaban J connectivity index is 0.00000121. The average molecular weight is 194 g/mol. The van der Waals surface area contributed by atoms with Gasteiger partial charge in [-0.25, -0.2) is 0 Å². The fourth-order valence-corrected chi connectivity index (χ4v) is 1.51. The van der Waals surface area contributed by atoms with Crippen molar-refractivity contribution < 1.29 is 9.90 Å². The molecule has 0 aromatic carbocycles. The summed E-state index contributed by atoms with van der Waals surface area (Å²) in [6.45, 7) is 2.99. The van der Waals surface area contributed by atoms with Crippen molar-refractivity contribution in [1.82, 2.24) is 4.90 Å². The monoisotopic (exact) mass is 193 g/mol. The van der Waals surface area contributed by atoms with Crippen molar-refractivity contribution in [2.45, 2.75) is 25.8 Å². The number of hydrogen-bond donors (Lipinski definition) is 1. The molecule has 1 fully saturated rings. The van der Waals surface area contributed by atoms with E-state index in [0.29, 0.717) is 6.04 Å². The minimum atomic E-state index is -0.634. The molecule has 1 saturated heterocycles. The van der Waals surface area contributed by atoms with Gasteiger partial charge < -0.3 is 10.0 Å². The number of carboxylic acids is 1. The number of halogens is 1. The molecule has 1 N–H and O–H groups in total. The Labute approximate surface area is 79.2 Å². The Kier molecular flexibility index (Phi) is 4.57. The van der Waals surface area contributed by atoms with Crippen molar-refractivity contribution in [3.8, 4) is 0 Å². The SMILES string of the molecule is CC1CC(C(=O)O)CCN1C.Cl. The van der Waals surface area contributed by atoms with Crippen LogP contribution in [-0.4, -0.2) is 35.6 Å². The van der Waals surface area contributed by atoms with E-state index in [1.807, 2.05) is 7.05 Å². The molecule has 0 saturated carbocycles. The van der Waals surface area contributed by atoms with E-state index in [4.69, 9.17) is 5.11 Å².